The molecule has 70 valence electrons. The SMILES string of the molecule is CC(C#N)c1c[nH]c2ncc(I)cc12. The summed E-state index contributed by atoms with van der Waals surface area (Å²) in [6.45, 7) is 1.89. The summed E-state index contributed by atoms with van der Waals surface area (Å²) in [4.78, 5) is 7.31. The lowest BCUT2D eigenvalue weighted by atomic mass is 10.0. The number of nitriles is 1. The number of aromatic nitrogens is 2. The molecule has 0 saturated heterocycles. The number of halogens is 1. The van der Waals surface area contributed by atoms with Gasteiger partial charge >= 0.3 is 0 Å². The fraction of sp³-hybridized carbons (Fsp3) is 0.200. The normalized spacial score (nSPS) is 12.6. The zero-order valence-electron chi connectivity index (χ0n) is 7.58. The van der Waals surface area contributed by atoms with E-state index in [0.29, 0.717) is 0 Å². The molecule has 0 spiro atoms. The molecule has 3 nitrogen and oxygen atoms in total. The molecule has 0 aliphatic rings. The molecule has 2 aromatic heterocycles. The molecule has 2 aromatic rings. The van der Waals surface area contributed by atoms with Crippen LogP contribution in [0.5, 0.6) is 0 Å². The Hall–Kier alpha value is -1.09. The van der Waals surface area contributed by atoms with Gasteiger partial charge in [0.1, 0.15) is 5.65 Å². The summed E-state index contributed by atoms with van der Waals surface area (Å²) in [6.07, 6.45) is 3.67. The topological polar surface area (TPSA) is 52.5 Å². The molecule has 0 aromatic carbocycles. The van der Waals surface area contributed by atoms with Gasteiger partial charge in [-0.1, -0.05) is 0 Å². The molecule has 14 heavy (non-hydrogen) atoms. The molecule has 0 amide bonds. The number of H-pyrrole nitrogens is 1. The lowest BCUT2D eigenvalue weighted by Gasteiger charge is -1.99. The highest BCUT2D eigenvalue weighted by molar-refractivity contribution is 14.1. The number of pyridine rings is 1. The van der Waals surface area contributed by atoms with Crippen LogP contribution in [0.15, 0.2) is 18.5 Å². The Kier molecular flexibility index (Phi) is 2.42. The van der Waals surface area contributed by atoms with Crippen LogP contribution in [0.1, 0.15) is 18.4 Å². The third-order valence-electron chi connectivity index (χ3n) is 2.19. The van der Waals surface area contributed by atoms with Gasteiger partial charge in [0.2, 0.25) is 0 Å². The minimum absolute atomic E-state index is 0.0938. The molecular formula is C10H8IN3. The minimum atomic E-state index is -0.0938. The highest BCUT2D eigenvalue weighted by Gasteiger charge is 2.10. The molecule has 0 saturated carbocycles. The first-order valence-electron chi connectivity index (χ1n) is 4.24. The number of rotatable bonds is 1. The molecule has 1 unspecified atom stereocenters. The van der Waals surface area contributed by atoms with Crippen LogP contribution in [-0.2, 0) is 0 Å². The van der Waals surface area contributed by atoms with Crippen LogP contribution >= 0.6 is 22.6 Å². The Balaban J connectivity index is 2.68. The highest BCUT2D eigenvalue weighted by Crippen LogP contribution is 2.24. The van der Waals surface area contributed by atoms with Crippen molar-refractivity contribution < 1.29 is 0 Å². The molecular weight excluding hydrogens is 289 g/mol. The van der Waals surface area contributed by atoms with Crippen molar-refractivity contribution >= 4 is 33.6 Å². The highest BCUT2D eigenvalue weighted by atomic mass is 127. The Bertz CT molecular complexity index is 510. The van der Waals surface area contributed by atoms with Crippen molar-refractivity contribution in [1.29, 1.82) is 5.26 Å². The first-order valence-corrected chi connectivity index (χ1v) is 5.32. The Morgan fingerprint density at radius 2 is 2.43 bits per heavy atom. The molecule has 4 heteroatoms. The second kappa shape index (κ2) is 3.58. The fourth-order valence-electron chi connectivity index (χ4n) is 1.43. The quantitative estimate of drug-likeness (QED) is 0.823. The number of hydrogen-bond acceptors (Lipinski definition) is 2. The van der Waals surface area contributed by atoms with Crippen molar-refractivity contribution in [3.8, 4) is 6.07 Å². The summed E-state index contributed by atoms with van der Waals surface area (Å²) in [7, 11) is 0. The van der Waals surface area contributed by atoms with Crippen molar-refractivity contribution in [1.82, 2.24) is 9.97 Å². The first-order chi connectivity index (χ1) is 6.72. The van der Waals surface area contributed by atoms with Crippen LogP contribution in [0.25, 0.3) is 11.0 Å². The summed E-state index contributed by atoms with van der Waals surface area (Å²) in [5.41, 5.74) is 1.87. The average Bonchev–Trinajstić information content (AvgIpc) is 2.59. The summed E-state index contributed by atoms with van der Waals surface area (Å²) in [5, 5.41) is 9.90. The number of aromatic amines is 1. The minimum Gasteiger partial charge on any atom is -0.346 e. The Morgan fingerprint density at radius 3 is 3.14 bits per heavy atom. The smallest absolute Gasteiger partial charge is 0.137 e. The van der Waals surface area contributed by atoms with Crippen molar-refractivity contribution in [2.24, 2.45) is 0 Å². The zero-order chi connectivity index (χ0) is 10.1. The third-order valence-corrected chi connectivity index (χ3v) is 2.78. The van der Waals surface area contributed by atoms with Crippen LogP contribution in [-0.4, -0.2) is 9.97 Å². The standard InChI is InChI=1S/C10H8IN3/c1-6(3-12)9-5-14-10-8(9)2-7(11)4-13-10/h2,4-6H,1H3,(H,13,14). The zero-order valence-corrected chi connectivity index (χ0v) is 9.74. The molecule has 0 aliphatic heterocycles. The van der Waals surface area contributed by atoms with Crippen LogP contribution in [0.2, 0.25) is 0 Å². The van der Waals surface area contributed by atoms with Gasteiger partial charge in [0.05, 0.1) is 12.0 Å². The van der Waals surface area contributed by atoms with Crippen LogP contribution in [0, 0.1) is 14.9 Å². The van der Waals surface area contributed by atoms with E-state index >= 15 is 0 Å². The largest absolute Gasteiger partial charge is 0.346 e. The predicted molar refractivity (Wildman–Crippen MR) is 62.8 cm³/mol. The lowest BCUT2D eigenvalue weighted by Crippen LogP contribution is -1.87. The van der Waals surface area contributed by atoms with Crippen molar-refractivity contribution in [2.45, 2.75) is 12.8 Å². The van der Waals surface area contributed by atoms with Crippen molar-refractivity contribution in [3.05, 3.63) is 27.6 Å². The first kappa shape index (κ1) is 9.46. The maximum atomic E-state index is 8.85. The summed E-state index contributed by atoms with van der Waals surface area (Å²) >= 11 is 2.22. The van der Waals surface area contributed by atoms with E-state index < -0.39 is 0 Å². The maximum absolute atomic E-state index is 8.85. The summed E-state index contributed by atoms with van der Waals surface area (Å²) in [6, 6.07) is 4.27. The summed E-state index contributed by atoms with van der Waals surface area (Å²) < 4.78 is 1.08. The molecule has 0 fully saturated rings. The van der Waals surface area contributed by atoms with E-state index in [1.54, 1.807) is 6.20 Å². The van der Waals surface area contributed by atoms with Crippen molar-refractivity contribution in [2.75, 3.05) is 0 Å². The third kappa shape index (κ3) is 1.48. The van der Waals surface area contributed by atoms with Gasteiger partial charge in [-0.2, -0.15) is 5.26 Å². The molecule has 0 bridgehead atoms. The Morgan fingerprint density at radius 1 is 1.64 bits per heavy atom. The van der Waals surface area contributed by atoms with E-state index in [2.05, 4.69) is 38.6 Å². The van der Waals surface area contributed by atoms with Crippen molar-refractivity contribution in [3.63, 3.8) is 0 Å². The second-order valence-corrected chi connectivity index (χ2v) is 4.39. The fourth-order valence-corrected chi connectivity index (χ4v) is 1.88. The van der Waals surface area contributed by atoms with Gasteiger partial charge in [0.15, 0.2) is 0 Å². The molecule has 1 N–H and O–H groups in total. The Labute approximate surface area is 95.3 Å². The van der Waals surface area contributed by atoms with Crippen LogP contribution in [0.4, 0.5) is 0 Å². The molecule has 2 heterocycles. The van der Waals surface area contributed by atoms with Gasteiger partial charge in [0.25, 0.3) is 0 Å². The number of hydrogen-bond donors (Lipinski definition) is 1. The maximum Gasteiger partial charge on any atom is 0.137 e. The number of fused-ring (bicyclic) bond motifs is 1. The molecule has 0 aliphatic carbocycles. The number of nitrogens with zero attached hydrogens (tertiary/aromatic N) is 2. The monoisotopic (exact) mass is 297 g/mol. The van der Waals surface area contributed by atoms with Gasteiger partial charge in [-0.25, -0.2) is 4.98 Å². The van der Waals surface area contributed by atoms with E-state index in [1.165, 1.54) is 0 Å². The van der Waals surface area contributed by atoms with Gasteiger partial charge in [0, 0.05) is 21.4 Å². The van der Waals surface area contributed by atoms with Crippen LogP contribution < -0.4 is 0 Å². The van der Waals surface area contributed by atoms with E-state index in [0.717, 1.165) is 20.2 Å². The number of nitrogens with one attached hydrogen (secondary N) is 1. The molecule has 1 atom stereocenters. The van der Waals surface area contributed by atoms with Gasteiger partial charge in [-0.15, -0.1) is 0 Å². The van der Waals surface area contributed by atoms with Gasteiger partial charge in [-0.05, 0) is 41.1 Å². The van der Waals surface area contributed by atoms with E-state index in [-0.39, 0.29) is 5.92 Å². The van der Waals surface area contributed by atoms with E-state index in [9.17, 15) is 0 Å². The average molecular weight is 297 g/mol. The van der Waals surface area contributed by atoms with Gasteiger partial charge in [-0.3, -0.25) is 0 Å². The second-order valence-electron chi connectivity index (χ2n) is 3.14. The molecule has 2 rings (SSSR count). The van der Waals surface area contributed by atoms with Gasteiger partial charge < -0.3 is 4.98 Å². The van der Waals surface area contributed by atoms with E-state index in [4.69, 9.17) is 5.26 Å². The van der Waals surface area contributed by atoms with Crippen LogP contribution in [0.3, 0.4) is 0 Å². The lowest BCUT2D eigenvalue weighted by molar-refractivity contribution is 0.993. The molecule has 0 radical (unpaired) electrons. The predicted octanol–water partition coefficient (Wildman–Crippen LogP) is 2.79. The summed E-state index contributed by atoms with van der Waals surface area (Å²) in [5.74, 6) is -0.0938. The van der Waals surface area contributed by atoms with E-state index in [1.807, 2.05) is 19.2 Å².